The van der Waals surface area contributed by atoms with Crippen molar-refractivity contribution in [3.05, 3.63) is 0 Å². The molecule has 3 rings (SSSR count). The average molecular weight is 287 g/mol. The molecule has 2 saturated carbocycles. The quantitative estimate of drug-likeness (QED) is 0.812. The molecule has 20 heavy (non-hydrogen) atoms. The van der Waals surface area contributed by atoms with Crippen LogP contribution in [0.1, 0.15) is 26.2 Å². The van der Waals surface area contributed by atoms with Gasteiger partial charge in [0.05, 0.1) is 6.04 Å². The minimum atomic E-state index is -2.56. The lowest BCUT2D eigenvalue weighted by Gasteiger charge is -2.30. The number of carbonyl (C=O) groups is 2. The van der Waals surface area contributed by atoms with Gasteiger partial charge in [-0.25, -0.2) is 13.6 Å². The van der Waals surface area contributed by atoms with Crippen LogP contribution in [0.4, 0.5) is 13.6 Å². The third-order valence-electron chi connectivity index (χ3n) is 4.60. The summed E-state index contributed by atoms with van der Waals surface area (Å²) in [5.74, 6) is -4.11. The molecule has 3 amide bonds. The minimum absolute atomic E-state index is 0.180. The highest BCUT2D eigenvalue weighted by Crippen LogP contribution is 2.59. The van der Waals surface area contributed by atoms with Crippen LogP contribution in [0.25, 0.3) is 0 Å². The van der Waals surface area contributed by atoms with Crippen LogP contribution in [0.2, 0.25) is 0 Å². The highest BCUT2D eigenvalue weighted by atomic mass is 19.3. The van der Waals surface area contributed by atoms with Crippen LogP contribution < -0.4 is 10.6 Å². The first kappa shape index (κ1) is 13.7. The lowest BCUT2D eigenvalue weighted by Crippen LogP contribution is -2.51. The Morgan fingerprint density at radius 1 is 1.25 bits per heavy atom. The molecule has 3 fully saturated rings. The summed E-state index contributed by atoms with van der Waals surface area (Å²) in [6.07, 6.45) is 2.31. The molecule has 5 nitrogen and oxygen atoms in total. The summed E-state index contributed by atoms with van der Waals surface area (Å²) < 4.78 is 26.6. The smallest absolute Gasteiger partial charge is 0.321 e. The van der Waals surface area contributed by atoms with Crippen molar-refractivity contribution in [2.45, 2.75) is 44.2 Å². The number of halogens is 2. The number of carbonyl (C=O) groups excluding carboxylic acids is 2. The molecule has 1 heterocycles. The second-order valence-corrected chi connectivity index (χ2v) is 6.08. The van der Waals surface area contributed by atoms with Gasteiger partial charge in [0.25, 0.3) is 5.92 Å². The number of alkyl halides is 2. The zero-order valence-corrected chi connectivity index (χ0v) is 11.4. The van der Waals surface area contributed by atoms with Gasteiger partial charge in [-0.3, -0.25) is 15.0 Å². The van der Waals surface area contributed by atoms with Gasteiger partial charge in [0.15, 0.2) is 0 Å². The summed E-state index contributed by atoms with van der Waals surface area (Å²) in [5, 5.41) is 4.94. The molecule has 112 valence electrons. The van der Waals surface area contributed by atoms with Gasteiger partial charge in [-0.1, -0.05) is 0 Å². The average Bonchev–Trinajstić information content (AvgIpc) is 3.28. The molecule has 0 aromatic rings. The molecule has 2 aliphatic carbocycles. The Balaban J connectivity index is 1.49. The van der Waals surface area contributed by atoms with Crippen LogP contribution >= 0.6 is 0 Å². The number of imide groups is 1. The van der Waals surface area contributed by atoms with Gasteiger partial charge >= 0.3 is 6.03 Å². The molecule has 0 radical (unpaired) electrons. The number of amides is 3. The predicted molar refractivity (Wildman–Crippen MR) is 67.3 cm³/mol. The van der Waals surface area contributed by atoms with E-state index in [-0.39, 0.29) is 12.6 Å². The van der Waals surface area contributed by atoms with Gasteiger partial charge in [-0.15, -0.1) is 0 Å². The summed E-state index contributed by atoms with van der Waals surface area (Å²) in [5.41, 5.74) is 0. The Morgan fingerprint density at radius 3 is 2.55 bits per heavy atom. The number of likely N-dealkylation sites (tertiary alicyclic amines) is 1. The van der Waals surface area contributed by atoms with E-state index < -0.39 is 35.7 Å². The van der Waals surface area contributed by atoms with Crippen molar-refractivity contribution in [3.8, 4) is 0 Å². The van der Waals surface area contributed by atoms with Crippen molar-refractivity contribution in [2.75, 3.05) is 13.1 Å². The summed E-state index contributed by atoms with van der Waals surface area (Å²) in [6.45, 7) is 2.37. The highest BCUT2D eigenvalue weighted by Gasteiger charge is 2.69. The molecule has 7 heteroatoms. The number of nitrogens with one attached hydrogen (secondary N) is 2. The van der Waals surface area contributed by atoms with Crippen LogP contribution in [0.3, 0.4) is 0 Å². The first-order valence-electron chi connectivity index (χ1n) is 7.13. The zero-order chi connectivity index (χ0) is 14.5. The normalized spacial score (nSPS) is 33.0. The highest BCUT2D eigenvalue weighted by molar-refractivity contribution is 5.97. The molecule has 0 aromatic heterocycles. The van der Waals surface area contributed by atoms with Crippen LogP contribution in [0, 0.1) is 11.8 Å². The second-order valence-electron chi connectivity index (χ2n) is 6.08. The van der Waals surface area contributed by atoms with E-state index >= 15 is 0 Å². The fourth-order valence-corrected chi connectivity index (χ4v) is 2.94. The predicted octanol–water partition coefficient (Wildman–Crippen LogP) is 0.950. The number of hydrogen-bond donors (Lipinski definition) is 2. The van der Waals surface area contributed by atoms with Crippen molar-refractivity contribution in [1.82, 2.24) is 15.5 Å². The first-order valence-corrected chi connectivity index (χ1v) is 7.13. The molecule has 1 saturated heterocycles. The van der Waals surface area contributed by atoms with Gasteiger partial charge in [-0.2, -0.15) is 0 Å². The fourth-order valence-electron chi connectivity index (χ4n) is 2.94. The van der Waals surface area contributed by atoms with Gasteiger partial charge in [0.2, 0.25) is 5.91 Å². The van der Waals surface area contributed by atoms with Gasteiger partial charge < -0.3 is 5.32 Å². The summed E-state index contributed by atoms with van der Waals surface area (Å²) in [6, 6.07) is -0.868. The standard InChI is InChI=1S/C13H19F2N3O2/c1-7(11(19)17-12(20)16-8-2-3-8)18-5-4-9-10(6-18)13(9,14)15/h7-10H,2-6H2,1H3,(H2,16,17,19,20)/t7-,9+,10-/m1/s1. The molecular weight excluding hydrogens is 268 g/mol. The first-order chi connectivity index (χ1) is 9.39. The summed E-state index contributed by atoms with van der Waals surface area (Å²) in [4.78, 5) is 25.2. The molecule has 3 atom stereocenters. The number of hydrogen-bond acceptors (Lipinski definition) is 3. The topological polar surface area (TPSA) is 61.4 Å². The minimum Gasteiger partial charge on any atom is -0.335 e. The Hall–Kier alpha value is -1.24. The van der Waals surface area contributed by atoms with Gasteiger partial charge in [0.1, 0.15) is 0 Å². The molecular formula is C13H19F2N3O2. The van der Waals surface area contributed by atoms with Gasteiger partial charge in [0, 0.05) is 24.4 Å². The van der Waals surface area contributed by atoms with Crippen LogP contribution in [0.5, 0.6) is 0 Å². The summed E-state index contributed by atoms with van der Waals surface area (Å²) in [7, 11) is 0. The Bertz CT molecular complexity index is 439. The molecule has 3 aliphatic rings. The SMILES string of the molecule is C[C@H](C(=O)NC(=O)NC1CC1)N1CC[C@H]2[C@@H](C1)C2(F)F. The lowest BCUT2D eigenvalue weighted by molar-refractivity contribution is -0.125. The van der Waals surface area contributed by atoms with Crippen molar-refractivity contribution in [3.63, 3.8) is 0 Å². The van der Waals surface area contributed by atoms with E-state index in [9.17, 15) is 18.4 Å². The second kappa shape index (κ2) is 4.65. The Morgan fingerprint density at radius 2 is 1.95 bits per heavy atom. The maximum Gasteiger partial charge on any atom is 0.321 e. The largest absolute Gasteiger partial charge is 0.335 e. The van der Waals surface area contributed by atoms with Crippen LogP contribution in [0.15, 0.2) is 0 Å². The number of rotatable bonds is 3. The summed E-state index contributed by atoms with van der Waals surface area (Å²) >= 11 is 0. The number of fused-ring (bicyclic) bond motifs is 1. The molecule has 0 bridgehead atoms. The van der Waals surface area contributed by atoms with Crippen LogP contribution in [-0.4, -0.2) is 47.9 Å². The number of piperidine rings is 1. The maximum atomic E-state index is 13.3. The Labute approximate surface area is 116 Å². The number of urea groups is 1. The van der Waals surface area contributed by atoms with E-state index in [0.29, 0.717) is 13.0 Å². The van der Waals surface area contributed by atoms with Crippen molar-refractivity contribution < 1.29 is 18.4 Å². The molecule has 0 unspecified atom stereocenters. The van der Waals surface area contributed by atoms with E-state index in [1.807, 2.05) is 0 Å². The van der Waals surface area contributed by atoms with E-state index in [2.05, 4.69) is 10.6 Å². The van der Waals surface area contributed by atoms with Crippen molar-refractivity contribution >= 4 is 11.9 Å². The third-order valence-corrected chi connectivity index (χ3v) is 4.60. The van der Waals surface area contributed by atoms with E-state index in [0.717, 1.165) is 12.8 Å². The molecule has 0 spiro atoms. The van der Waals surface area contributed by atoms with Crippen molar-refractivity contribution in [1.29, 1.82) is 0 Å². The monoisotopic (exact) mass is 287 g/mol. The lowest BCUT2D eigenvalue weighted by atomic mass is 10.1. The third kappa shape index (κ3) is 2.51. The maximum absolute atomic E-state index is 13.3. The van der Waals surface area contributed by atoms with Crippen molar-refractivity contribution in [2.24, 2.45) is 11.8 Å². The molecule has 0 aromatic carbocycles. The molecule has 2 N–H and O–H groups in total. The zero-order valence-electron chi connectivity index (χ0n) is 11.4. The number of nitrogens with zero attached hydrogens (tertiary/aromatic N) is 1. The molecule has 1 aliphatic heterocycles. The van der Waals surface area contributed by atoms with Gasteiger partial charge in [-0.05, 0) is 32.7 Å². The van der Waals surface area contributed by atoms with E-state index in [4.69, 9.17) is 0 Å². The Kier molecular flexibility index (Phi) is 3.19. The fraction of sp³-hybridized carbons (Fsp3) is 0.846. The van der Waals surface area contributed by atoms with Crippen LogP contribution in [-0.2, 0) is 4.79 Å². The van der Waals surface area contributed by atoms with E-state index in [1.165, 1.54) is 0 Å². The van der Waals surface area contributed by atoms with E-state index in [1.54, 1.807) is 11.8 Å².